The summed E-state index contributed by atoms with van der Waals surface area (Å²) in [5.74, 6) is -3.27. The fourth-order valence-electron chi connectivity index (χ4n) is 9.84. The molecular weight excluding hydrogens is 892 g/mol. The standard InChI is InChI=1S/C46H48F3N11O6S/c47-31-9-12-59(25-31)67(65,66)55-37-4-3-36(48)41(42(37)49)43(62)35-22-53-44-34(35)18-28(19-52-44)30-20-50-39(51-21-30)26-57-15-13-56(14-16-57)23-27-7-10-58(11-8-27)32-1-2-33-29(17-32)24-60(46(33)64)38-5-6-40(61)54-45(38)63/h1-4,17-22,27,31,38,55H,5-16,23-26H2,(H,52,53)(H,54,61,63)/t31-,38?/m1/s1. The lowest BCUT2D eigenvalue weighted by Crippen LogP contribution is -2.52. The van der Waals surface area contributed by atoms with Crippen LogP contribution in [0.5, 0.6) is 0 Å². The monoisotopic (exact) mass is 939 g/mol. The Hall–Kier alpha value is -6.29. The molecule has 5 aromatic rings. The molecule has 17 nitrogen and oxygen atoms in total. The van der Waals surface area contributed by atoms with E-state index in [0.29, 0.717) is 53.6 Å². The van der Waals surface area contributed by atoms with E-state index in [9.17, 15) is 32.0 Å². The first-order valence-corrected chi connectivity index (χ1v) is 23.9. The van der Waals surface area contributed by atoms with Gasteiger partial charge in [0, 0.05) is 130 Å². The largest absolute Gasteiger partial charge is 0.372 e. The van der Waals surface area contributed by atoms with Gasteiger partial charge >= 0.3 is 10.2 Å². The molecule has 0 spiro atoms. The number of aromatic amines is 1. The topological polar surface area (TPSA) is 197 Å². The molecule has 3 aromatic heterocycles. The number of nitrogens with zero attached hydrogens (tertiary/aromatic N) is 8. The fraction of sp³-hybridized carbons (Fsp3) is 0.413. The SMILES string of the molecule is O=C1CCC(N2Cc3cc(N4CCC(CN5CCN(Cc6ncc(-c7cnc8[nH]cc(C(=O)c9c(F)ccc(NS(=O)(=O)N%10CC[C@@H](F)C%10)c9F)c8c7)cn6)CC5)CC4)ccc3C2=O)C(=O)N1. The molecular formula is C46H48F3N11O6S. The second-order valence-corrected chi connectivity index (χ2v) is 19.6. The number of pyridine rings is 1. The van der Waals surface area contributed by atoms with E-state index in [0.717, 1.165) is 86.3 Å². The van der Waals surface area contributed by atoms with E-state index >= 15 is 8.78 Å². The number of ketones is 1. The first-order chi connectivity index (χ1) is 32.3. The predicted octanol–water partition coefficient (Wildman–Crippen LogP) is 4.02. The number of hydrogen-bond donors (Lipinski definition) is 3. The number of piperidine rings is 2. The molecule has 4 saturated heterocycles. The number of aromatic nitrogens is 4. The number of halogens is 3. The van der Waals surface area contributed by atoms with E-state index in [4.69, 9.17) is 0 Å². The van der Waals surface area contributed by atoms with E-state index < -0.39 is 63.5 Å². The molecule has 2 atom stereocenters. The summed E-state index contributed by atoms with van der Waals surface area (Å²) >= 11 is 0. The van der Waals surface area contributed by atoms with Gasteiger partial charge in [0.05, 0.1) is 17.8 Å². The van der Waals surface area contributed by atoms with Crippen molar-refractivity contribution < 1.29 is 40.8 Å². The number of anilines is 2. The minimum atomic E-state index is -4.37. The summed E-state index contributed by atoms with van der Waals surface area (Å²) in [6, 6.07) is 8.63. The van der Waals surface area contributed by atoms with Crippen LogP contribution in [-0.4, -0.2) is 142 Å². The van der Waals surface area contributed by atoms with Crippen LogP contribution in [0.3, 0.4) is 0 Å². The molecule has 3 N–H and O–H groups in total. The van der Waals surface area contributed by atoms with E-state index in [1.165, 1.54) is 6.20 Å². The Labute approximate surface area is 383 Å². The molecule has 4 fully saturated rings. The molecule has 350 valence electrons. The molecule has 10 rings (SSSR count). The Kier molecular flexibility index (Phi) is 12.0. The first kappa shape index (κ1) is 44.5. The molecule has 5 aliphatic heterocycles. The molecule has 0 saturated carbocycles. The van der Waals surface area contributed by atoms with Gasteiger partial charge in [-0.25, -0.2) is 28.1 Å². The minimum absolute atomic E-state index is 0.00301. The van der Waals surface area contributed by atoms with Crippen molar-refractivity contribution in [1.29, 1.82) is 0 Å². The lowest BCUT2D eigenvalue weighted by Gasteiger charge is -2.39. The molecule has 8 heterocycles. The number of amides is 3. The van der Waals surface area contributed by atoms with Crippen molar-refractivity contribution in [2.24, 2.45) is 5.92 Å². The highest BCUT2D eigenvalue weighted by Crippen LogP contribution is 2.34. The van der Waals surface area contributed by atoms with E-state index in [1.807, 2.05) is 16.9 Å². The van der Waals surface area contributed by atoms with Gasteiger partial charge < -0.3 is 19.7 Å². The van der Waals surface area contributed by atoms with E-state index in [1.54, 1.807) is 29.6 Å². The van der Waals surface area contributed by atoms with Crippen molar-refractivity contribution in [3.8, 4) is 11.1 Å². The van der Waals surface area contributed by atoms with Gasteiger partial charge in [-0.1, -0.05) is 0 Å². The van der Waals surface area contributed by atoms with Crippen molar-refractivity contribution in [3.63, 3.8) is 0 Å². The third kappa shape index (κ3) is 8.99. The van der Waals surface area contributed by atoms with Crippen LogP contribution in [-0.2, 0) is 32.9 Å². The van der Waals surface area contributed by atoms with Crippen LogP contribution in [0, 0.1) is 17.6 Å². The van der Waals surface area contributed by atoms with Crippen LogP contribution >= 0.6 is 0 Å². The van der Waals surface area contributed by atoms with Crippen LogP contribution in [0.15, 0.2) is 61.2 Å². The summed E-state index contributed by atoms with van der Waals surface area (Å²) < 4.78 is 73.0. The van der Waals surface area contributed by atoms with Gasteiger partial charge in [-0.3, -0.25) is 34.1 Å². The van der Waals surface area contributed by atoms with E-state index in [-0.39, 0.29) is 42.2 Å². The van der Waals surface area contributed by atoms with Crippen LogP contribution < -0.4 is 14.9 Å². The number of piperazine rings is 1. The predicted molar refractivity (Wildman–Crippen MR) is 240 cm³/mol. The minimum Gasteiger partial charge on any atom is -0.372 e. The summed E-state index contributed by atoms with van der Waals surface area (Å²) in [6.07, 6.45) is 7.52. The van der Waals surface area contributed by atoms with Gasteiger partial charge in [-0.2, -0.15) is 12.7 Å². The zero-order chi connectivity index (χ0) is 46.6. The highest BCUT2D eigenvalue weighted by atomic mass is 32.2. The second kappa shape index (κ2) is 18.1. The number of carbonyl (C=O) groups is 4. The summed E-state index contributed by atoms with van der Waals surface area (Å²) in [5, 5.41) is 2.64. The van der Waals surface area contributed by atoms with Crippen LogP contribution in [0.25, 0.3) is 22.2 Å². The third-order valence-electron chi connectivity index (χ3n) is 13.6. The molecule has 0 bridgehead atoms. The Morgan fingerprint density at radius 1 is 0.851 bits per heavy atom. The molecule has 3 amide bonds. The molecule has 0 aliphatic carbocycles. The number of alkyl halides is 1. The summed E-state index contributed by atoms with van der Waals surface area (Å²) in [5.41, 5.74) is 2.40. The number of benzene rings is 2. The molecule has 0 radical (unpaired) electrons. The lowest BCUT2D eigenvalue weighted by atomic mass is 9.95. The fourth-order valence-corrected chi connectivity index (χ4v) is 11.1. The normalized spacial score (nSPS) is 21.3. The average Bonchev–Trinajstić information content (AvgIpc) is 4.05. The zero-order valence-corrected chi connectivity index (χ0v) is 37.2. The van der Waals surface area contributed by atoms with E-state index in [2.05, 4.69) is 46.0 Å². The molecule has 5 aliphatic rings. The van der Waals surface area contributed by atoms with Gasteiger partial charge in [-0.15, -0.1) is 0 Å². The number of rotatable bonds is 12. The zero-order valence-electron chi connectivity index (χ0n) is 36.4. The molecule has 2 aromatic carbocycles. The average molecular weight is 940 g/mol. The highest BCUT2D eigenvalue weighted by Gasteiger charge is 2.40. The Balaban J connectivity index is 0.710. The maximum absolute atomic E-state index is 15.7. The van der Waals surface area contributed by atoms with Crippen LogP contribution in [0.4, 0.5) is 24.5 Å². The summed E-state index contributed by atoms with van der Waals surface area (Å²) in [4.78, 5) is 76.3. The number of H-pyrrole nitrogens is 1. The first-order valence-electron chi connectivity index (χ1n) is 22.5. The van der Waals surface area contributed by atoms with Crippen molar-refractivity contribution in [1.82, 2.24) is 44.3 Å². The number of carbonyl (C=O) groups excluding carboxylic acids is 4. The van der Waals surface area contributed by atoms with Crippen molar-refractivity contribution in [2.75, 3.05) is 68.5 Å². The number of fused-ring (bicyclic) bond motifs is 2. The number of nitrogens with one attached hydrogen (secondary N) is 3. The maximum atomic E-state index is 15.7. The number of hydrogen-bond acceptors (Lipinski definition) is 12. The highest BCUT2D eigenvalue weighted by molar-refractivity contribution is 7.90. The summed E-state index contributed by atoms with van der Waals surface area (Å²) in [7, 11) is -4.37. The third-order valence-corrected chi connectivity index (χ3v) is 15.1. The van der Waals surface area contributed by atoms with Crippen LogP contribution in [0.2, 0.25) is 0 Å². The van der Waals surface area contributed by atoms with Gasteiger partial charge in [0.1, 0.15) is 29.5 Å². The van der Waals surface area contributed by atoms with Gasteiger partial charge in [0.2, 0.25) is 17.6 Å². The molecule has 1 unspecified atom stereocenters. The number of imide groups is 1. The Morgan fingerprint density at radius 3 is 2.33 bits per heavy atom. The summed E-state index contributed by atoms with van der Waals surface area (Å²) in [6.45, 7) is 6.89. The Bertz CT molecular complexity index is 2890. The molecule has 21 heteroatoms. The van der Waals surface area contributed by atoms with Gasteiger partial charge in [0.25, 0.3) is 5.91 Å². The van der Waals surface area contributed by atoms with Gasteiger partial charge in [0.15, 0.2) is 5.82 Å². The molecule has 67 heavy (non-hydrogen) atoms. The quantitative estimate of drug-likeness (QED) is 0.120. The van der Waals surface area contributed by atoms with Crippen molar-refractivity contribution in [2.45, 2.75) is 57.4 Å². The lowest BCUT2D eigenvalue weighted by molar-refractivity contribution is -0.136. The van der Waals surface area contributed by atoms with Gasteiger partial charge in [-0.05, 0) is 73.6 Å². The smallest absolute Gasteiger partial charge is 0.301 e. The Morgan fingerprint density at radius 2 is 1.60 bits per heavy atom. The second-order valence-electron chi connectivity index (χ2n) is 17.9. The van der Waals surface area contributed by atoms with Crippen molar-refractivity contribution >= 4 is 56.1 Å². The van der Waals surface area contributed by atoms with Crippen molar-refractivity contribution in [3.05, 3.63) is 101 Å². The maximum Gasteiger partial charge on any atom is 0.301 e. The van der Waals surface area contributed by atoms with Crippen LogP contribution in [0.1, 0.15) is 69.8 Å².